The summed E-state index contributed by atoms with van der Waals surface area (Å²) in [5.74, 6) is -0.484. The Labute approximate surface area is 271 Å². The molecule has 2 aromatic carbocycles. The molecular formula is C36H47N5O5. The van der Waals surface area contributed by atoms with E-state index in [9.17, 15) is 19.2 Å². The summed E-state index contributed by atoms with van der Waals surface area (Å²) in [5, 5.41) is 9.69. The second-order valence-electron chi connectivity index (χ2n) is 13.0. The van der Waals surface area contributed by atoms with Gasteiger partial charge in [-0.15, -0.1) is 0 Å². The first-order valence-corrected chi connectivity index (χ1v) is 16.2. The zero-order chi connectivity index (χ0) is 33.1. The van der Waals surface area contributed by atoms with Crippen molar-refractivity contribution in [1.82, 2.24) is 25.8 Å². The van der Waals surface area contributed by atoms with Gasteiger partial charge in [0.1, 0.15) is 18.3 Å². The number of pyridine rings is 1. The van der Waals surface area contributed by atoms with E-state index in [4.69, 9.17) is 4.74 Å². The molecule has 3 atom stereocenters. The van der Waals surface area contributed by atoms with Crippen LogP contribution in [-0.4, -0.2) is 71.8 Å². The summed E-state index contributed by atoms with van der Waals surface area (Å²) >= 11 is 0. The van der Waals surface area contributed by atoms with Crippen molar-refractivity contribution in [2.24, 2.45) is 17.8 Å². The molecule has 2 heterocycles. The van der Waals surface area contributed by atoms with Crippen molar-refractivity contribution in [1.29, 1.82) is 0 Å². The van der Waals surface area contributed by atoms with E-state index in [0.29, 0.717) is 37.4 Å². The molecule has 1 saturated heterocycles. The molecule has 10 nitrogen and oxygen atoms in total. The van der Waals surface area contributed by atoms with E-state index in [0.717, 1.165) is 17.4 Å². The fraction of sp³-hybridized carbons (Fsp3) is 0.472. The van der Waals surface area contributed by atoms with E-state index >= 15 is 0 Å². The number of ether oxygens (including phenoxy) is 1. The lowest BCUT2D eigenvalue weighted by atomic mass is 9.94. The standard InChI is InChI=1S/C36H47N5O5/c1-24(2)18-29(38-36(45)46-23-26-10-6-5-7-11-26)21-41-17-16-28(33(42)22-41)20-37-34(43)32(19-25(3)4)40-35(44)31-15-14-27-12-8-9-13-30(27)39-31/h5-15,24-25,28-29,32H,16-23H2,1-4H3,(H,37,43)(H,38,45)(H,40,44)/t28?,29-,32-/m0/s1. The highest BCUT2D eigenvalue weighted by Crippen LogP contribution is 2.17. The number of ketones is 1. The first kappa shape index (κ1) is 34.6. The Bertz CT molecular complexity index is 1480. The fourth-order valence-corrected chi connectivity index (χ4v) is 5.77. The first-order valence-electron chi connectivity index (χ1n) is 16.2. The molecule has 3 amide bonds. The van der Waals surface area contributed by atoms with Gasteiger partial charge in [-0.3, -0.25) is 19.3 Å². The number of Topliss-reactive ketones (excluding diaryl/α,β-unsaturated/α-hetero) is 1. The summed E-state index contributed by atoms with van der Waals surface area (Å²) in [5.41, 5.74) is 1.87. The summed E-state index contributed by atoms with van der Waals surface area (Å²) < 4.78 is 5.43. The highest BCUT2D eigenvalue weighted by atomic mass is 16.5. The van der Waals surface area contributed by atoms with Gasteiger partial charge in [-0.05, 0) is 55.3 Å². The van der Waals surface area contributed by atoms with Crippen LogP contribution in [-0.2, 0) is 20.9 Å². The molecule has 1 aromatic heterocycles. The molecule has 0 aliphatic carbocycles. The second-order valence-corrected chi connectivity index (χ2v) is 13.0. The first-order chi connectivity index (χ1) is 22.1. The number of carbonyl (C=O) groups excluding carboxylic acids is 4. The molecule has 0 bridgehead atoms. The minimum Gasteiger partial charge on any atom is -0.445 e. The fourth-order valence-electron chi connectivity index (χ4n) is 5.77. The van der Waals surface area contributed by atoms with E-state index in [1.54, 1.807) is 6.07 Å². The Morgan fingerprint density at radius 1 is 0.913 bits per heavy atom. The van der Waals surface area contributed by atoms with Gasteiger partial charge in [-0.2, -0.15) is 0 Å². The molecule has 0 saturated carbocycles. The zero-order valence-corrected chi connectivity index (χ0v) is 27.3. The topological polar surface area (TPSA) is 130 Å². The molecule has 1 fully saturated rings. The number of para-hydroxylation sites is 1. The van der Waals surface area contributed by atoms with Crippen molar-refractivity contribution in [2.45, 2.75) is 65.6 Å². The highest BCUT2D eigenvalue weighted by Gasteiger charge is 2.31. The van der Waals surface area contributed by atoms with Crippen LogP contribution < -0.4 is 16.0 Å². The number of piperidine rings is 1. The number of carbonyl (C=O) groups is 4. The van der Waals surface area contributed by atoms with Crippen LogP contribution in [0.3, 0.4) is 0 Å². The Morgan fingerprint density at radius 3 is 2.35 bits per heavy atom. The van der Waals surface area contributed by atoms with Gasteiger partial charge in [0.15, 0.2) is 5.78 Å². The van der Waals surface area contributed by atoms with Crippen molar-refractivity contribution >= 4 is 34.6 Å². The molecule has 1 aliphatic rings. The summed E-state index contributed by atoms with van der Waals surface area (Å²) in [6.07, 6.45) is 1.32. The van der Waals surface area contributed by atoms with Gasteiger partial charge in [-0.1, -0.05) is 82.3 Å². The number of likely N-dealkylation sites (tertiary alicyclic amines) is 1. The molecule has 4 rings (SSSR count). The Balaban J connectivity index is 1.26. The summed E-state index contributed by atoms with van der Waals surface area (Å²) in [6.45, 7) is 10.0. The summed E-state index contributed by atoms with van der Waals surface area (Å²) in [6, 6.07) is 19.6. The second kappa shape index (κ2) is 16.8. The van der Waals surface area contributed by atoms with Gasteiger partial charge in [0.25, 0.3) is 5.91 Å². The maximum atomic E-state index is 13.2. The SMILES string of the molecule is CC(C)C[C@@H](CN1CCC(CNC(=O)[C@H](CC(C)C)NC(=O)c2ccc3ccccc3n2)C(=O)C1)NC(=O)OCc1ccccc1. The smallest absolute Gasteiger partial charge is 0.407 e. The van der Waals surface area contributed by atoms with E-state index in [2.05, 4.69) is 39.7 Å². The lowest BCUT2D eigenvalue weighted by Gasteiger charge is -2.34. The maximum Gasteiger partial charge on any atom is 0.407 e. The van der Waals surface area contributed by atoms with Gasteiger partial charge in [0.2, 0.25) is 5.91 Å². The zero-order valence-electron chi connectivity index (χ0n) is 27.3. The minimum absolute atomic E-state index is 0.0475. The van der Waals surface area contributed by atoms with Gasteiger partial charge in [-0.25, -0.2) is 9.78 Å². The number of nitrogens with one attached hydrogen (secondary N) is 3. The molecule has 0 radical (unpaired) electrons. The maximum absolute atomic E-state index is 13.2. The van der Waals surface area contributed by atoms with E-state index in [-0.39, 0.29) is 55.0 Å². The van der Waals surface area contributed by atoms with Crippen LogP contribution in [0.5, 0.6) is 0 Å². The number of hydrogen-bond donors (Lipinski definition) is 3. The molecule has 46 heavy (non-hydrogen) atoms. The lowest BCUT2D eigenvalue weighted by molar-refractivity contribution is -0.128. The molecule has 1 unspecified atom stereocenters. The van der Waals surface area contributed by atoms with Crippen molar-refractivity contribution in [3.05, 3.63) is 78.0 Å². The van der Waals surface area contributed by atoms with Gasteiger partial charge in [0.05, 0.1) is 12.1 Å². The molecule has 3 N–H and O–H groups in total. The lowest BCUT2D eigenvalue weighted by Crippen LogP contribution is -2.52. The number of fused-ring (bicyclic) bond motifs is 1. The van der Waals surface area contributed by atoms with Crippen LogP contribution in [0.25, 0.3) is 10.9 Å². The van der Waals surface area contributed by atoms with Crippen LogP contribution in [0, 0.1) is 17.8 Å². The number of nitrogens with zero attached hydrogens (tertiary/aromatic N) is 2. The number of benzene rings is 2. The van der Waals surface area contributed by atoms with Crippen LogP contribution >= 0.6 is 0 Å². The third-order valence-corrected chi connectivity index (χ3v) is 8.08. The molecule has 10 heteroatoms. The molecular weight excluding hydrogens is 582 g/mol. The minimum atomic E-state index is -0.750. The predicted octanol–water partition coefficient (Wildman–Crippen LogP) is 4.73. The van der Waals surface area contributed by atoms with Crippen molar-refractivity contribution in [3.8, 4) is 0 Å². The third-order valence-electron chi connectivity index (χ3n) is 8.08. The van der Waals surface area contributed by atoms with Crippen molar-refractivity contribution in [2.75, 3.05) is 26.2 Å². The van der Waals surface area contributed by atoms with Gasteiger partial charge < -0.3 is 20.7 Å². The Kier molecular flexibility index (Phi) is 12.7. The molecule has 1 aliphatic heterocycles. The quantitative estimate of drug-likeness (QED) is 0.235. The monoisotopic (exact) mass is 629 g/mol. The number of aromatic nitrogens is 1. The van der Waals surface area contributed by atoms with Gasteiger partial charge >= 0.3 is 6.09 Å². The Morgan fingerprint density at radius 2 is 1.63 bits per heavy atom. The average molecular weight is 630 g/mol. The van der Waals surface area contributed by atoms with Gasteiger partial charge in [0, 0.05) is 30.4 Å². The van der Waals surface area contributed by atoms with Crippen LogP contribution in [0.1, 0.15) is 63.0 Å². The van der Waals surface area contributed by atoms with Crippen LogP contribution in [0.15, 0.2) is 66.7 Å². The number of amides is 3. The molecule has 0 spiro atoms. The van der Waals surface area contributed by atoms with Crippen molar-refractivity contribution < 1.29 is 23.9 Å². The number of alkyl carbamates (subject to hydrolysis) is 1. The predicted molar refractivity (Wildman–Crippen MR) is 178 cm³/mol. The normalized spacial score (nSPS) is 16.7. The van der Waals surface area contributed by atoms with E-state index in [1.165, 1.54) is 0 Å². The summed E-state index contributed by atoms with van der Waals surface area (Å²) in [4.78, 5) is 58.5. The van der Waals surface area contributed by atoms with Crippen LogP contribution in [0.2, 0.25) is 0 Å². The average Bonchev–Trinajstić information content (AvgIpc) is 3.02. The van der Waals surface area contributed by atoms with Crippen LogP contribution in [0.4, 0.5) is 4.79 Å². The van der Waals surface area contributed by atoms with E-state index < -0.39 is 18.0 Å². The molecule has 3 aromatic rings. The Hall–Kier alpha value is -4.31. The number of rotatable bonds is 14. The third kappa shape index (κ3) is 10.7. The highest BCUT2D eigenvalue weighted by molar-refractivity contribution is 5.98. The molecule has 246 valence electrons. The summed E-state index contributed by atoms with van der Waals surface area (Å²) in [7, 11) is 0. The number of hydrogen-bond acceptors (Lipinski definition) is 7. The largest absolute Gasteiger partial charge is 0.445 e. The van der Waals surface area contributed by atoms with E-state index in [1.807, 2.05) is 74.5 Å². The van der Waals surface area contributed by atoms with Crippen molar-refractivity contribution in [3.63, 3.8) is 0 Å².